The summed E-state index contributed by atoms with van der Waals surface area (Å²) >= 11 is 0. The van der Waals surface area contributed by atoms with Gasteiger partial charge in [0.15, 0.2) is 6.17 Å². The van der Waals surface area contributed by atoms with Gasteiger partial charge in [0.1, 0.15) is 17.5 Å². The lowest BCUT2D eigenvalue weighted by molar-refractivity contribution is -0.0105. The molecule has 0 radical (unpaired) electrons. The number of hydrogen-bond acceptors (Lipinski definition) is 4. The van der Waals surface area contributed by atoms with Crippen LogP contribution in [0.15, 0.2) is 24.3 Å². The lowest BCUT2D eigenvalue weighted by atomic mass is 10.1. The smallest absolute Gasteiger partial charge is 0.410 e. The van der Waals surface area contributed by atoms with Crippen LogP contribution < -0.4 is 4.74 Å². The highest BCUT2D eigenvalue weighted by Gasteiger charge is 2.34. The van der Waals surface area contributed by atoms with E-state index in [2.05, 4.69) is 0 Å². The van der Waals surface area contributed by atoms with E-state index in [1.807, 2.05) is 6.07 Å². The molecular formula is C17H21FN2O3. The Labute approximate surface area is 135 Å². The summed E-state index contributed by atoms with van der Waals surface area (Å²) < 4.78 is 25.2. The lowest BCUT2D eigenvalue weighted by Crippen LogP contribution is -2.50. The van der Waals surface area contributed by atoms with Crippen molar-refractivity contribution in [1.29, 1.82) is 5.26 Å². The molecule has 1 fully saturated rings. The predicted octanol–water partition coefficient (Wildman–Crippen LogP) is 3.28. The Balaban J connectivity index is 1.94. The van der Waals surface area contributed by atoms with Gasteiger partial charge in [0.2, 0.25) is 0 Å². The maximum Gasteiger partial charge on any atom is 0.410 e. The summed E-state index contributed by atoms with van der Waals surface area (Å²) in [6, 6.07) is 8.63. The number of ether oxygens (including phenoxy) is 2. The molecular weight excluding hydrogens is 299 g/mol. The van der Waals surface area contributed by atoms with Crippen LogP contribution in [0.4, 0.5) is 9.18 Å². The number of hydrogen-bond donors (Lipinski definition) is 0. The second-order valence-electron chi connectivity index (χ2n) is 6.53. The summed E-state index contributed by atoms with van der Waals surface area (Å²) in [7, 11) is 0. The molecule has 1 aromatic carbocycles. The SMILES string of the molecule is CC(C)(C)OC(=O)N1CC[C@@H](Oc2cccc(C#N)c2)[C@@H](F)C1. The minimum atomic E-state index is -1.30. The summed E-state index contributed by atoms with van der Waals surface area (Å²) in [6.07, 6.45) is -2.08. The van der Waals surface area contributed by atoms with E-state index in [1.54, 1.807) is 45.0 Å². The minimum absolute atomic E-state index is 0.0580. The van der Waals surface area contributed by atoms with E-state index in [0.717, 1.165) is 0 Å². The molecule has 0 spiro atoms. The van der Waals surface area contributed by atoms with Gasteiger partial charge in [-0.25, -0.2) is 9.18 Å². The molecule has 23 heavy (non-hydrogen) atoms. The number of nitriles is 1. The highest BCUT2D eigenvalue weighted by molar-refractivity contribution is 5.68. The summed E-state index contributed by atoms with van der Waals surface area (Å²) in [5.41, 5.74) is -0.141. The van der Waals surface area contributed by atoms with Gasteiger partial charge in [0, 0.05) is 13.0 Å². The van der Waals surface area contributed by atoms with Crippen LogP contribution in [0.5, 0.6) is 5.75 Å². The third kappa shape index (κ3) is 4.85. The van der Waals surface area contributed by atoms with Gasteiger partial charge in [-0.3, -0.25) is 0 Å². The van der Waals surface area contributed by atoms with Crippen LogP contribution in [0.25, 0.3) is 0 Å². The van der Waals surface area contributed by atoms with Crippen molar-refractivity contribution in [2.75, 3.05) is 13.1 Å². The topological polar surface area (TPSA) is 62.6 Å². The molecule has 1 aliphatic heterocycles. The molecule has 0 aliphatic carbocycles. The quantitative estimate of drug-likeness (QED) is 0.839. The van der Waals surface area contributed by atoms with Crippen molar-refractivity contribution in [2.45, 2.75) is 45.1 Å². The van der Waals surface area contributed by atoms with Crippen molar-refractivity contribution in [3.8, 4) is 11.8 Å². The number of nitrogens with zero attached hydrogens (tertiary/aromatic N) is 2. The van der Waals surface area contributed by atoms with Crippen LogP contribution in [0.2, 0.25) is 0 Å². The van der Waals surface area contributed by atoms with Gasteiger partial charge in [-0.1, -0.05) is 6.07 Å². The average Bonchev–Trinajstić information content (AvgIpc) is 2.47. The van der Waals surface area contributed by atoms with Gasteiger partial charge >= 0.3 is 6.09 Å². The highest BCUT2D eigenvalue weighted by atomic mass is 19.1. The number of likely N-dealkylation sites (tertiary alicyclic amines) is 1. The molecule has 1 amide bonds. The second kappa shape index (κ2) is 6.86. The van der Waals surface area contributed by atoms with E-state index in [4.69, 9.17) is 14.7 Å². The molecule has 2 atom stereocenters. The van der Waals surface area contributed by atoms with E-state index < -0.39 is 24.0 Å². The zero-order valence-electron chi connectivity index (χ0n) is 13.6. The van der Waals surface area contributed by atoms with Crippen LogP contribution in [0.1, 0.15) is 32.8 Å². The normalized spacial score (nSPS) is 21.4. The highest BCUT2D eigenvalue weighted by Crippen LogP contribution is 2.23. The largest absolute Gasteiger partial charge is 0.487 e. The third-order valence-electron chi connectivity index (χ3n) is 3.38. The van der Waals surface area contributed by atoms with Crippen molar-refractivity contribution < 1.29 is 18.7 Å². The van der Waals surface area contributed by atoms with Gasteiger partial charge in [0.25, 0.3) is 0 Å². The monoisotopic (exact) mass is 320 g/mol. The first-order chi connectivity index (χ1) is 10.8. The summed E-state index contributed by atoms with van der Waals surface area (Å²) in [4.78, 5) is 13.3. The van der Waals surface area contributed by atoms with Crippen molar-refractivity contribution >= 4 is 6.09 Å². The third-order valence-corrected chi connectivity index (χ3v) is 3.38. The molecule has 1 heterocycles. The van der Waals surface area contributed by atoms with Crippen LogP contribution >= 0.6 is 0 Å². The van der Waals surface area contributed by atoms with Crippen molar-refractivity contribution in [2.24, 2.45) is 0 Å². The Morgan fingerprint density at radius 2 is 2.17 bits per heavy atom. The summed E-state index contributed by atoms with van der Waals surface area (Å²) in [5.74, 6) is 0.461. The zero-order chi connectivity index (χ0) is 17.0. The standard InChI is InChI=1S/C17H21FN2O3/c1-17(2,3)23-16(21)20-8-7-15(14(18)11-20)22-13-6-4-5-12(9-13)10-19/h4-6,9,14-15H,7-8,11H2,1-3H3/t14-,15+/m0/s1. The number of piperidine rings is 1. The Bertz CT molecular complexity index is 607. The molecule has 2 rings (SSSR count). The molecule has 5 nitrogen and oxygen atoms in total. The fraction of sp³-hybridized carbons (Fsp3) is 0.529. The lowest BCUT2D eigenvalue weighted by Gasteiger charge is -2.35. The summed E-state index contributed by atoms with van der Waals surface area (Å²) in [5, 5.41) is 8.87. The van der Waals surface area contributed by atoms with Gasteiger partial charge in [-0.15, -0.1) is 0 Å². The number of rotatable bonds is 2. The molecule has 0 saturated carbocycles. The minimum Gasteiger partial charge on any atom is -0.487 e. The molecule has 124 valence electrons. The molecule has 0 aromatic heterocycles. The van der Waals surface area contributed by atoms with E-state index in [9.17, 15) is 9.18 Å². The average molecular weight is 320 g/mol. The molecule has 1 aromatic rings. The van der Waals surface area contributed by atoms with Gasteiger partial charge in [-0.2, -0.15) is 5.26 Å². The maximum atomic E-state index is 14.3. The van der Waals surface area contributed by atoms with E-state index >= 15 is 0 Å². The predicted molar refractivity (Wildman–Crippen MR) is 82.9 cm³/mol. The number of carbonyl (C=O) groups excluding carboxylic acids is 1. The van der Waals surface area contributed by atoms with E-state index in [0.29, 0.717) is 24.3 Å². The Morgan fingerprint density at radius 1 is 1.43 bits per heavy atom. The van der Waals surface area contributed by atoms with Crippen LogP contribution in [0, 0.1) is 11.3 Å². The molecule has 0 N–H and O–H groups in total. The Hall–Kier alpha value is -2.29. The Morgan fingerprint density at radius 3 is 2.78 bits per heavy atom. The van der Waals surface area contributed by atoms with Crippen LogP contribution in [-0.2, 0) is 4.74 Å². The van der Waals surface area contributed by atoms with Crippen molar-refractivity contribution in [3.63, 3.8) is 0 Å². The number of carbonyl (C=O) groups is 1. The number of halogens is 1. The first-order valence-electron chi connectivity index (χ1n) is 7.57. The summed E-state index contributed by atoms with van der Waals surface area (Å²) in [6.45, 7) is 5.64. The van der Waals surface area contributed by atoms with Crippen LogP contribution in [-0.4, -0.2) is 42.0 Å². The fourth-order valence-corrected chi connectivity index (χ4v) is 2.32. The molecule has 0 unspecified atom stereocenters. The van der Waals surface area contributed by atoms with E-state index in [1.165, 1.54) is 4.90 Å². The Kier molecular flexibility index (Phi) is 5.09. The first-order valence-corrected chi connectivity index (χ1v) is 7.57. The number of benzene rings is 1. The van der Waals surface area contributed by atoms with Crippen molar-refractivity contribution in [3.05, 3.63) is 29.8 Å². The number of amides is 1. The fourth-order valence-electron chi connectivity index (χ4n) is 2.32. The van der Waals surface area contributed by atoms with Crippen molar-refractivity contribution in [1.82, 2.24) is 4.90 Å². The van der Waals surface area contributed by atoms with Gasteiger partial charge in [-0.05, 0) is 39.0 Å². The molecule has 1 saturated heterocycles. The number of alkyl halides is 1. The zero-order valence-corrected chi connectivity index (χ0v) is 13.6. The van der Waals surface area contributed by atoms with E-state index in [-0.39, 0.29) is 6.54 Å². The molecule has 6 heteroatoms. The van der Waals surface area contributed by atoms with Gasteiger partial charge < -0.3 is 14.4 Å². The second-order valence-corrected chi connectivity index (χ2v) is 6.53. The van der Waals surface area contributed by atoms with Gasteiger partial charge in [0.05, 0.1) is 18.2 Å². The van der Waals surface area contributed by atoms with Crippen LogP contribution in [0.3, 0.4) is 0 Å². The molecule has 0 bridgehead atoms. The first kappa shape index (κ1) is 17.1. The molecule has 1 aliphatic rings. The maximum absolute atomic E-state index is 14.3.